The number of carbonyl (C=O) groups excluding carboxylic acids is 1. The number of benzene rings is 2. The fourth-order valence-electron chi connectivity index (χ4n) is 1.72. The van der Waals surface area contributed by atoms with Gasteiger partial charge in [-0.2, -0.15) is 0 Å². The van der Waals surface area contributed by atoms with Crippen LogP contribution in [0.25, 0.3) is 0 Å². The molecule has 2 rings (SSSR count). The Bertz CT molecular complexity index is 754. The van der Waals surface area contributed by atoms with Crippen LogP contribution in [0.3, 0.4) is 0 Å². The van der Waals surface area contributed by atoms with Gasteiger partial charge in [-0.3, -0.25) is 0 Å². The third-order valence-electron chi connectivity index (χ3n) is 2.85. The van der Waals surface area contributed by atoms with E-state index in [1.165, 1.54) is 6.07 Å². The van der Waals surface area contributed by atoms with Crippen LogP contribution >= 0.6 is 11.6 Å². The second kappa shape index (κ2) is 8.06. The molecule has 0 spiro atoms. The van der Waals surface area contributed by atoms with E-state index in [1.54, 1.807) is 0 Å². The van der Waals surface area contributed by atoms with Crippen molar-refractivity contribution < 1.29 is 13.9 Å². The molecule has 23 heavy (non-hydrogen) atoms. The molecular formula is C17H14ClFN2O2. The molecule has 0 saturated heterocycles. The summed E-state index contributed by atoms with van der Waals surface area (Å²) >= 11 is 5.73. The van der Waals surface area contributed by atoms with Crippen molar-refractivity contribution in [2.75, 3.05) is 12.3 Å². The third kappa shape index (κ3) is 5.20. The van der Waals surface area contributed by atoms with Crippen LogP contribution in [0.1, 0.15) is 11.1 Å². The number of amides is 1. The van der Waals surface area contributed by atoms with Gasteiger partial charge in [0.1, 0.15) is 12.4 Å². The molecule has 0 atom stereocenters. The topological polar surface area (TPSA) is 64.3 Å². The predicted octanol–water partition coefficient (Wildman–Crippen LogP) is 3.34. The highest BCUT2D eigenvalue weighted by atomic mass is 35.5. The Hall–Kier alpha value is -2.71. The number of nitrogen functional groups attached to an aromatic ring is 1. The van der Waals surface area contributed by atoms with Crippen molar-refractivity contribution in [1.29, 1.82) is 0 Å². The van der Waals surface area contributed by atoms with Crippen LogP contribution in [0.2, 0.25) is 5.02 Å². The van der Waals surface area contributed by atoms with Crippen molar-refractivity contribution in [2.24, 2.45) is 0 Å². The predicted molar refractivity (Wildman–Crippen MR) is 87.3 cm³/mol. The first kappa shape index (κ1) is 16.7. The molecule has 0 heterocycles. The fraction of sp³-hybridized carbons (Fsp3) is 0.118. The minimum atomic E-state index is -0.628. The number of hydrogen-bond donors (Lipinski definition) is 2. The lowest BCUT2D eigenvalue weighted by atomic mass is 10.2. The summed E-state index contributed by atoms with van der Waals surface area (Å²) in [4.78, 5) is 11.5. The van der Waals surface area contributed by atoms with Crippen LogP contribution in [0.5, 0.6) is 0 Å². The molecule has 0 aromatic heterocycles. The Morgan fingerprint density at radius 2 is 2.04 bits per heavy atom. The zero-order valence-electron chi connectivity index (χ0n) is 12.1. The van der Waals surface area contributed by atoms with Crippen molar-refractivity contribution in [2.45, 2.75) is 6.61 Å². The molecule has 4 nitrogen and oxygen atoms in total. The number of nitrogens with one attached hydrogen (secondary N) is 1. The minimum absolute atomic E-state index is 0.0429. The monoisotopic (exact) mass is 332 g/mol. The summed E-state index contributed by atoms with van der Waals surface area (Å²) in [6, 6.07) is 11.9. The number of hydrogen-bond acceptors (Lipinski definition) is 3. The molecule has 118 valence electrons. The summed E-state index contributed by atoms with van der Waals surface area (Å²) in [5, 5.41) is 2.67. The molecule has 6 heteroatoms. The van der Waals surface area contributed by atoms with Crippen LogP contribution in [-0.4, -0.2) is 12.6 Å². The zero-order chi connectivity index (χ0) is 16.7. The van der Waals surface area contributed by atoms with Gasteiger partial charge in [-0.15, -0.1) is 0 Å². The zero-order valence-corrected chi connectivity index (χ0v) is 12.9. The highest BCUT2D eigenvalue weighted by Crippen LogP contribution is 2.21. The number of anilines is 1. The number of nitrogens with two attached hydrogens (primary N) is 1. The Morgan fingerprint density at radius 1 is 1.30 bits per heavy atom. The molecule has 3 N–H and O–H groups in total. The van der Waals surface area contributed by atoms with E-state index in [0.29, 0.717) is 0 Å². The Kier molecular flexibility index (Phi) is 5.84. The summed E-state index contributed by atoms with van der Waals surface area (Å²) < 4.78 is 18.4. The molecule has 0 bridgehead atoms. The number of alkyl carbamates (subject to hydrolysis) is 1. The fourth-order valence-corrected chi connectivity index (χ4v) is 1.92. The van der Waals surface area contributed by atoms with Gasteiger partial charge < -0.3 is 15.8 Å². The van der Waals surface area contributed by atoms with Gasteiger partial charge in [0.25, 0.3) is 0 Å². The Balaban J connectivity index is 1.82. The molecule has 0 fully saturated rings. The summed E-state index contributed by atoms with van der Waals surface area (Å²) in [6.45, 7) is 0.216. The summed E-state index contributed by atoms with van der Waals surface area (Å²) in [5.41, 5.74) is 6.64. The Morgan fingerprint density at radius 3 is 2.78 bits per heavy atom. The van der Waals surface area contributed by atoms with E-state index in [0.717, 1.165) is 11.6 Å². The normalized spacial score (nSPS) is 9.65. The molecule has 0 radical (unpaired) electrons. The third-order valence-corrected chi connectivity index (χ3v) is 3.07. The highest BCUT2D eigenvalue weighted by Gasteiger charge is 2.05. The van der Waals surface area contributed by atoms with Crippen molar-refractivity contribution in [3.05, 3.63) is 64.4 Å². The minimum Gasteiger partial charge on any atom is -0.445 e. The highest BCUT2D eigenvalue weighted by molar-refractivity contribution is 6.30. The van der Waals surface area contributed by atoms with Crippen LogP contribution in [0.4, 0.5) is 14.9 Å². The molecule has 0 aliphatic heterocycles. The lowest BCUT2D eigenvalue weighted by Gasteiger charge is -2.04. The molecule has 0 aliphatic carbocycles. The van der Waals surface area contributed by atoms with E-state index in [9.17, 15) is 9.18 Å². The molecular weight excluding hydrogens is 319 g/mol. The van der Waals surface area contributed by atoms with Crippen LogP contribution in [-0.2, 0) is 11.3 Å². The van der Waals surface area contributed by atoms with Gasteiger partial charge in [-0.1, -0.05) is 53.8 Å². The standard InChI is InChI=1S/C17H14ClFN2O2/c18-14-9-13(16(20)15(19)10-14)7-4-8-21-17(22)23-11-12-5-2-1-3-6-12/h1-3,5-6,9-10H,8,11,20H2,(H,21,22). The maximum absolute atomic E-state index is 13.4. The van der Waals surface area contributed by atoms with E-state index >= 15 is 0 Å². The Labute approximate surface area is 138 Å². The first-order valence-corrected chi connectivity index (χ1v) is 7.12. The molecule has 2 aromatic rings. The summed E-state index contributed by atoms with van der Waals surface area (Å²) in [7, 11) is 0. The quantitative estimate of drug-likeness (QED) is 0.669. The molecule has 0 aliphatic rings. The van der Waals surface area contributed by atoms with Crippen molar-refractivity contribution >= 4 is 23.4 Å². The van der Waals surface area contributed by atoms with E-state index in [-0.39, 0.29) is 29.4 Å². The molecule has 2 aromatic carbocycles. The van der Waals surface area contributed by atoms with E-state index in [1.807, 2.05) is 30.3 Å². The van der Waals surface area contributed by atoms with Crippen LogP contribution in [0.15, 0.2) is 42.5 Å². The second-order valence-electron chi connectivity index (χ2n) is 4.57. The van der Waals surface area contributed by atoms with Gasteiger partial charge in [0.05, 0.1) is 17.8 Å². The molecule has 0 saturated carbocycles. The largest absolute Gasteiger partial charge is 0.445 e. The first-order chi connectivity index (χ1) is 11.1. The van der Waals surface area contributed by atoms with Gasteiger partial charge in [0, 0.05) is 5.02 Å². The summed E-state index contributed by atoms with van der Waals surface area (Å²) in [6.07, 6.45) is -0.589. The number of rotatable bonds is 3. The van der Waals surface area contributed by atoms with Crippen molar-refractivity contribution in [3.8, 4) is 11.8 Å². The van der Waals surface area contributed by atoms with Gasteiger partial charge in [0.2, 0.25) is 0 Å². The van der Waals surface area contributed by atoms with Crippen molar-refractivity contribution in [3.63, 3.8) is 0 Å². The average molecular weight is 333 g/mol. The van der Waals surface area contributed by atoms with Gasteiger partial charge in [-0.05, 0) is 17.7 Å². The number of carbonyl (C=O) groups is 1. The average Bonchev–Trinajstić information content (AvgIpc) is 2.54. The number of ether oxygens (including phenoxy) is 1. The smallest absolute Gasteiger partial charge is 0.408 e. The van der Waals surface area contributed by atoms with E-state index in [4.69, 9.17) is 22.1 Å². The number of halogens is 2. The van der Waals surface area contributed by atoms with Crippen LogP contribution in [0, 0.1) is 17.7 Å². The van der Waals surface area contributed by atoms with E-state index in [2.05, 4.69) is 17.2 Å². The SMILES string of the molecule is Nc1c(F)cc(Cl)cc1C#CCNC(=O)OCc1ccccc1. The van der Waals surface area contributed by atoms with Crippen molar-refractivity contribution in [1.82, 2.24) is 5.32 Å². The van der Waals surface area contributed by atoms with E-state index < -0.39 is 11.9 Å². The maximum Gasteiger partial charge on any atom is 0.408 e. The lowest BCUT2D eigenvalue weighted by molar-refractivity contribution is 0.141. The van der Waals surface area contributed by atoms with Gasteiger partial charge in [0.15, 0.2) is 0 Å². The van der Waals surface area contributed by atoms with Gasteiger partial charge >= 0.3 is 6.09 Å². The second-order valence-corrected chi connectivity index (χ2v) is 5.00. The maximum atomic E-state index is 13.4. The summed E-state index contributed by atoms with van der Waals surface area (Å²) in [5.74, 6) is 4.69. The first-order valence-electron chi connectivity index (χ1n) is 6.74. The van der Waals surface area contributed by atoms with Gasteiger partial charge in [-0.25, -0.2) is 9.18 Å². The molecule has 0 unspecified atom stereocenters. The van der Waals surface area contributed by atoms with Crippen LogP contribution < -0.4 is 11.1 Å². The lowest BCUT2D eigenvalue weighted by Crippen LogP contribution is -2.24. The molecule has 1 amide bonds.